The molecule has 0 aromatic carbocycles. The molecule has 1 aliphatic heterocycles. The highest BCUT2D eigenvalue weighted by Gasteiger charge is 2.27. The molecule has 1 aliphatic carbocycles. The molecule has 112 valence electrons. The number of carbonyl (C=O) groups excluding carboxylic acids is 1. The Labute approximate surface area is 123 Å². The van der Waals surface area contributed by atoms with E-state index in [9.17, 15) is 4.79 Å². The van der Waals surface area contributed by atoms with Crippen LogP contribution < -0.4 is 10.6 Å². The predicted molar refractivity (Wildman–Crippen MR) is 81.6 cm³/mol. The lowest BCUT2D eigenvalue weighted by Crippen LogP contribution is -2.37. The van der Waals surface area contributed by atoms with Crippen molar-refractivity contribution in [3.05, 3.63) is 0 Å². The van der Waals surface area contributed by atoms with Crippen LogP contribution in [0.25, 0.3) is 0 Å². The van der Waals surface area contributed by atoms with Gasteiger partial charge in [-0.1, -0.05) is 19.8 Å². The fourth-order valence-corrected chi connectivity index (χ4v) is 3.50. The molecule has 1 heterocycles. The van der Waals surface area contributed by atoms with Crippen molar-refractivity contribution in [2.75, 3.05) is 13.1 Å². The molecule has 0 aromatic rings. The second-order valence-corrected chi connectivity index (χ2v) is 6.01. The smallest absolute Gasteiger partial charge is 0.220 e. The number of halogens is 1. The van der Waals surface area contributed by atoms with E-state index in [2.05, 4.69) is 17.6 Å². The van der Waals surface area contributed by atoms with Gasteiger partial charge < -0.3 is 10.6 Å². The van der Waals surface area contributed by atoms with Crippen molar-refractivity contribution in [1.82, 2.24) is 10.6 Å². The van der Waals surface area contributed by atoms with Gasteiger partial charge in [0.05, 0.1) is 0 Å². The van der Waals surface area contributed by atoms with Gasteiger partial charge in [-0.3, -0.25) is 4.79 Å². The van der Waals surface area contributed by atoms with Crippen LogP contribution in [0.3, 0.4) is 0 Å². The van der Waals surface area contributed by atoms with Crippen molar-refractivity contribution >= 4 is 18.3 Å². The molecule has 1 saturated heterocycles. The third-order valence-corrected chi connectivity index (χ3v) is 4.77. The molecule has 4 heteroatoms. The minimum absolute atomic E-state index is 0. The number of nitrogens with one attached hydrogen (secondary N) is 2. The largest absolute Gasteiger partial charge is 0.353 e. The predicted octanol–water partition coefficient (Wildman–Crippen LogP) is 2.88. The second-order valence-electron chi connectivity index (χ2n) is 6.01. The van der Waals surface area contributed by atoms with Crippen molar-refractivity contribution in [2.24, 2.45) is 11.8 Å². The van der Waals surface area contributed by atoms with Gasteiger partial charge in [-0.2, -0.15) is 0 Å². The van der Waals surface area contributed by atoms with E-state index in [1.807, 2.05) is 0 Å². The zero-order valence-electron chi connectivity index (χ0n) is 12.1. The molecule has 2 rings (SSSR count). The summed E-state index contributed by atoms with van der Waals surface area (Å²) in [6, 6.07) is 0.468. The molecule has 0 aromatic heterocycles. The lowest BCUT2D eigenvalue weighted by atomic mass is 9.93. The zero-order valence-corrected chi connectivity index (χ0v) is 12.9. The molecule has 0 spiro atoms. The van der Waals surface area contributed by atoms with Crippen LogP contribution in [0.5, 0.6) is 0 Å². The molecule has 19 heavy (non-hydrogen) atoms. The van der Waals surface area contributed by atoms with Crippen LogP contribution >= 0.6 is 12.4 Å². The molecule has 2 fully saturated rings. The summed E-state index contributed by atoms with van der Waals surface area (Å²) in [6.45, 7) is 4.50. The Hall–Kier alpha value is -0.280. The number of amides is 1. The summed E-state index contributed by atoms with van der Waals surface area (Å²) < 4.78 is 0. The summed E-state index contributed by atoms with van der Waals surface area (Å²) in [4.78, 5) is 12.0. The Bertz CT molecular complexity index is 267. The lowest BCUT2D eigenvalue weighted by Gasteiger charge is -2.23. The van der Waals surface area contributed by atoms with Gasteiger partial charge in [0.1, 0.15) is 0 Å². The average Bonchev–Trinajstić information content (AvgIpc) is 2.85. The van der Waals surface area contributed by atoms with E-state index < -0.39 is 0 Å². The van der Waals surface area contributed by atoms with Gasteiger partial charge in [0.2, 0.25) is 5.91 Å². The Morgan fingerprint density at radius 3 is 2.63 bits per heavy atom. The highest BCUT2D eigenvalue weighted by molar-refractivity contribution is 5.85. The fourth-order valence-electron chi connectivity index (χ4n) is 3.50. The van der Waals surface area contributed by atoms with Crippen molar-refractivity contribution in [2.45, 2.75) is 64.3 Å². The summed E-state index contributed by atoms with van der Waals surface area (Å²) in [7, 11) is 0. The summed E-state index contributed by atoms with van der Waals surface area (Å²) in [5.41, 5.74) is 0. The average molecular weight is 289 g/mol. The maximum atomic E-state index is 12.0. The van der Waals surface area contributed by atoms with Gasteiger partial charge in [-0.25, -0.2) is 0 Å². The number of carbonyl (C=O) groups is 1. The van der Waals surface area contributed by atoms with Crippen molar-refractivity contribution in [1.29, 1.82) is 0 Å². The number of hydrogen-bond acceptors (Lipinski definition) is 2. The molecule has 0 radical (unpaired) electrons. The first kappa shape index (κ1) is 16.8. The van der Waals surface area contributed by atoms with E-state index in [4.69, 9.17) is 0 Å². The van der Waals surface area contributed by atoms with Gasteiger partial charge in [0, 0.05) is 12.5 Å². The van der Waals surface area contributed by atoms with Crippen LogP contribution in [0.1, 0.15) is 58.3 Å². The van der Waals surface area contributed by atoms with Crippen molar-refractivity contribution < 1.29 is 4.79 Å². The van der Waals surface area contributed by atoms with Crippen LogP contribution in [0, 0.1) is 11.8 Å². The van der Waals surface area contributed by atoms with E-state index in [1.165, 1.54) is 38.5 Å². The van der Waals surface area contributed by atoms with Crippen LogP contribution in [-0.4, -0.2) is 25.0 Å². The van der Waals surface area contributed by atoms with Crippen LogP contribution in [0.15, 0.2) is 0 Å². The molecule has 2 N–H and O–H groups in total. The molecule has 2 atom stereocenters. The fraction of sp³-hybridized carbons (Fsp3) is 0.933. The topological polar surface area (TPSA) is 41.1 Å². The minimum Gasteiger partial charge on any atom is -0.353 e. The lowest BCUT2D eigenvalue weighted by molar-refractivity contribution is -0.122. The van der Waals surface area contributed by atoms with Crippen molar-refractivity contribution in [3.63, 3.8) is 0 Å². The Morgan fingerprint density at radius 1 is 1.21 bits per heavy atom. The first-order chi connectivity index (χ1) is 8.79. The maximum absolute atomic E-state index is 12.0. The third-order valence-electron chi connectivity index (χ3n) is 4.77. The summed E-state index contributed by atoms with van der Waals surface area (Å²) in [6.07, 6.45) is 9.29. The third kappa shape index (κ3) is 5.31. The first-order valence-electron chi connectivity index (χ1n) is 7.79. The number of piperidine rings is 1. The monoisotopic (exact) mass is 288 g/mol. The van der Waals surface area contributed by atoms with E-state index >= 15 is 0 Å². The van der Waals surface area contributed by atoms with Crippen LogP contribution in [0.2, 0.25) is 0 Å². The molecule has 1 amide bonds. The molecular formula is C15H29ClN2O. The molecule has 0 bridgehead atoms. The summed E-state index contributed by atoms with van der Waals surface area (Å²) in [5, 5.41) is 6.64. The minimum atomic E-state index is 0. The maximum Gasteiger partial charge on any atom is 0.220 e. The van der Waals surface area contributed by atoms with E-state index in [1.54, 1.807) is 0 Å². The number of rotatable bonds is 5. The zero-order chi connectivity index (χ0) is 12.8. The van der Waals surface area contributed by atoms with E-state index in [0.717, 1.165) is 37.8 Å². The van der Waals surface area contributed by atoms with Crippen molar-refractivity contribution in [3.8, 4) is 0 Å². The second kappa shape index (κ2) is 8.80. The van der Waals surface area contributed by atoms with Gasteiger partial charge in [-0.05, 0) is 57.0 Å². The quantitative estimate of drug-likeness (QED) is 0.817. The standard InChI is InChI=1S/C15H28N2O.ClH/c1-2-13-4-3-5-14(13)17-15(18)7-6-12-8-10-16-11-9-12;/h12-14,16H,2-11H2,1H3,(H,17,18);1H. The number of hydrogen-bond donors (Lipinski definition) is 2. The van der Waals surface area contributed by atoms with Gasteiger partial charge >= 0.3 is 0 Å². The van der Waals surface area contributed by atoms with Crippen LogP contribution in [-0.2, 0) is 4.79 Å². The highest BCUT2D eigenvalue weighted by Crippen LogP contribution is 2.28. The Kier molecular flexibility index (Phi) is 7.77. The summed E-state index contributed by atoms with van der Waals surface area (Å²) >= 11 is 0. The van der Waals surface area contributed by atoms with E-state index in [-0.39, 0.29) is 12.4 Å². The molecular weight excluding hydrogens is 260 g/mol. The molecule has 1 saturated carbocycles. The summed E-state index contributed by atoms with van der Waals surface area (Å²) in [5.74, 6) is 1.79. The molecule has 2 unspecified atom stereocenters. The Morgan fingerprint density at radius 2 is 1.95 bits per heavy atom. The molecule has 3 nitrogen and oxygen atoms in total. The van der Waals surface area contributed by atoms with Gasteiger partial charge in [-0.15, -0.1) is 12.4 Å². The van der Waals surface area contributed by atoms with E-state index in [0.29, 0.717) is 11.9 Å². The Balaban J connectivity index is 0.00000180. The highest BCUT2D eigenvalue weighted by atomic mass is 35.5. The SMILES string of the molecule is CCC1CCCC1NC(=O)CCC1CCNCC1.Cl. The molecule has 2 aliphatic rings. The first-order valence-corrected chi connectivity index (χ1v) is 7.79. The normalized spacial score (nSPS) is 27.8. The van der Waals surface area contributed by atoms with Gasteiger partial charge in [0.15, 0.2) is 0 Å². The van der Waals surface area contributed by atoms with Crippen LogP contribution in [0.4, 0.5) is 0 Å². The van der Waals surface area contributed by atoms with Gasteiger partial charge in [0.25, 0.3) is 0 Å².